The molecule has 88 valence electrons. The molecule has 0 aromatic heterocycles. The van der Waals surface area contributed by atoms with Gasteiger partial charge in [-0.1, -0.05) is 30.9 Å². The largest absolute Gasteiger partial charge is 0.374 e. The molecule has 2 aliphatic carbocycles. The van der Waals surface area contributed by atoms with Gasteiger partial charge in [0.15, 0.2) is 0 Å². The van der Waals surface area contributed by atoms with Gasteiger partial charge in [0, 0.05) is 19.3 Å². The van der Waals surface area contributed by atoms with Gasteiger partial charge in [-0.05, 0) is 43.9 Å². The van der Waals surface area contributed by atoms with Gasteiger partial charge in [0.2, 0.25) is 0 Å². The van der Waals surface area contributed by atoms with Crippen LogP contribution in [0.3, 0.4) is 0 Å². The minimum Gasteiger partial charge on any atom is -0.374 e. The highest BCUT2D eigenvalue weighted by Gasteiger charge is 2.26. The Bertz CT molecular complexity index is 297. The molecule has 0 aliphatic heterocycles. The Hall–Kier alpha value is -0.980. The molecule has 0 aromatic rings. The van der Waals surface area contributed by atoms with Crippen LogP contribution in [-0.2, 0) is 0 Å². The average Bonchev–Trinajstić information content (AvgIpc) is 3.13. The molecule has 0 amide bonds. The van der Waals surface area contributed by atoms with Gasteiger partial charge in [0.25, 0.3) is 0 Å². The summed E-state index contributed by atoms with van der Waals surface area (Å²) < 4.78 is 0. The minimum atomic E-state index is 0.771. The van der Waals surface area contributed by atoms with Crippen LogP contribution in [0.5, 0.6) is 0 Å². The topological polar surface area (TPSA) is 3.24 Å². The molecule has 0 aromatic carbocycles. The molecule has 2 aliphatic rings. The second kappa shape index (κ2) is 5.38. The summed E-state index contributed by atoms with van der Waals surface area (Å²) in [5.41, 5.74) is 1.33. The summed E-state index contributed by atoms with van der Waals surface area (Å²) in [6.07, 6.45) is 15.8. The van der Waals surface area contributed by atoms with Crippen LogP contribution in [0.2, 0.25) is 0 Å². The SMILES string of the molecule is C=C(C1CC1)N(C)C/C=C/C1CC=CCC1. The normalized spacial score (nSPS) is 24.9. The molecular weight excluding hydrogens is 194 g/mol. The van der Waals surface area contributed by atoms with Crippen molar-refractivity contribution in [2.24, 2.45) is 11.8 Å². The molecule has 1 heteroatoms. The van der Waals surface area contributed by atoms with Gasteiger partial charge in [-0.3, -0.25) is 0 Å². The molecule has 0 heterocycles. The van der Waals surface area contributed by atoms with E-state index < -0.39 is 0 Å². The second-order valence-corrected chi connectivity index (χ2v) is 5.12. The Morgan fingerprint density at radius 3 is 2.81 bits per heavy atom. The maximum absolute atomic E-state index is 4.16. The van der Waals surface area contributed by atoms with E-state index >= 15 is 0 Å². The third-order valence-electron chi connectivity index (χ3n) is 3.64. The van der Waals surface area contributed by atoms with Gasteiger partial charge >= 0.3 is 0 Å². The zero-order chi connectivity index (χ0) is 11.4. The van der Waals surface area contributed by atoms with Crippen molar-refractivity contribution in [3.05, 3.63) is 36.6 Å². The summed E-state index contributed by atoms with van der Waals surface area (Å²) in [6, 6.07) is 0. The van der Waals surface area contributed by atoms with Crippen LogP contribution in [0.25, 0.3) is 0 Å². The molecule has 0 radical (unpaired) electrons. The molecule has 1 unspecified atom stereocenters. The van der Waals surface area contributed by atoms with Gasteiger partial charge in [0.05, 0.1) is 0 Å². The van der Waals surface area contributed by atoms with Crippen molar-refractivity contribution in [3.8, 4) is 0 Å². The summed E-state index contributed by atoms with van der Waals surface area (Å²) >= 11 is 0. The van der Waals surface area contributed by atoms with Crippen molar-refractivity contribution < 1.29 is 0 Å². The third kappa shape index (κ3) is 3.26. The zero-order valence-electron chi connectivity index (χ0n) is 10.4. The van der Waals surface area contributed by atoms with Crippen LogP contribution in [0.15, 0.2) is 36.6 Å². The van der Waals surface area contributed by atoms with Crippen molar-refractivity contribution in [3.63, 3.8) is 0 Å². The van der Waals surface area contributed by atoms with Crippen LogP contribution >= 0.6 is 0 Å². The molecule has 0 bridgehead atoms. The lowest BCUT2D eigenvalue weighted by molar-refractivity contribution is 0.437. The number of rotatable bonds is 5. The molecule has 0 saturated heterocycles. The molecule has 2 rings (SSSR count). The van der Waals surface area contributed by atoms with Crippen molar-refractivity contribution in [2.45, 2.75) is 32.1 Å². The number of nitrogens with zero attached hydrogens (tertiary/aromatic N) is 1. The lowest BCUT2D eigenvalue weighted by Gasteiger charge is -2.20. The Labute approximate surface area is 99.5 Å². The first-order chi connectivity index (χ1) is 7.77. The summed E-state index contributed by atoms with van der Waals surface area (Å²) in [7, 11) is 2.16. The predicted octanol–water partition coefficient (Wildman–Crippen LogP) is 3.75. The van der Waals surface area contributed by atoms with Gasteiger partial charge in [0.1, 0.15) is 0 Å². The van der Waals surface area contributed by atoms with E-state index in [0.717, 1.165) is 18.4 Å². The highest BCUT2D eigenvalue weighted by atomic mass is 15.1. The van der Waals surface area contributed by atoms with Crippen LogP contribution in [0.4, 0.5) is 0 Å². The number of likely N-dealkylation sites (N-methyl/N-ethyl adjacent to an activating group) is 1. The third-order valence-corrected chi connectivity index (χ3v) is 3.64. The first-order valence-electron chi connectivity index (χ1n) is 6.49. The van der Waals surface area contributed by atoms with Gasteiger partial charge in [-0.25, -0.2) is 0 Å². The predicted molar refractivity (Wildman–Crippen MR) is 70.1 cm³/mol. The molecular formula is C15H23N. The first kappa shape index (κ1) is 11.5. The fourth-order valence-electron chi connectivity index (χ4n) is 2.25. The summed E-state index contributed by atoms with van der Waals surface area (Å²) in [4.78, 5) is 2.30. The van der Waals surface area contributed by atoms with Crippen LogP contribution in [-0.4, -0.2) is 18.5 Å². The lowest BCUT2D eigenvalue weighted by atomic mass is 9.94. The standard InChI is InChI=1S/C15H23N/c1-13(15-10-11-15)16(2)12-6-9-14-7-4-3-5-8-14/h3-4,6,9,14-15H,1,5,7-8,10-12H2,2H3/b9-6+. The molecule has 0 spiro atoms. The molecule has 1 fully saturated rings. The van der Waals surface area contributed by atoms with Crippen LogP contribution in [0, 0.1) is 11.8 Å². The second-order valence-electron chi connectivity index (χ2n) is 5.12. The van der Waals surface area contributed by atoms with Crippen molar-refractivity contribution in [1.29, 1.82) is 0 Å². The lowest BCUT2D eigenvalue weighted by Crippen LogP contribution is -2.18. The van der Waals surface area contributed by atoms with E-state index in [0.29, 0.717) is 0 Å². The van der Waals surface area contributed by atoms with E-state index in [9.17, 15) is 0 Å². The first-order valence-corrected chi connectivity index (χ1v) is 6.49. The van der Waals surface area contributed by atoms with Crippen LogP contribution in [0.1, 0.15) is 32.1 Å². The smallest absolute Gasteiger partial charge is 0.0353 e. The Balaban J connectivity index is 1.71. The maximum atomic E-state index is 4.16. The maximum Gasteiger partial charge on any atom is 0.0353 e. The van der Waals surface area contributed by atoms with Crippen LogP contribution < -0.4 is 0 Å². The Morgan fingerprint density at radius 2 is 2.19 bits per heavy atom. The average molecular weight is 217 g/mol. The summed E-state index contributed by atoms with van der Waals surface area (Å²) in [5.74, 6) is 1.56. The monoisotopic (exact) mass is 217 g/mol. The molecule has 0 N–H and O–H groups in total. The summed E-state index contributed by atoms with van der Waals surface area (Å²) in [5, 5.41) is 0. The van der Waals surface area contributed by atoms with E-state index in [4.69, 9.17) is 0 Å². The van der Waals surface area contributed by atoms with E-state index in [-0.39, 0.29) is 0 Å². The van der Waals surface area contributed by atoms with Crippen molar-refractivity contribution in [2.75, 3.05) is 13.6 Å². The van der Waals surface area contributed by atoms with Crippen molar-refractivity contribution in [1.82, 2.24) is 4.90 Å². The van der Waals surface area contributed by atoms with Gasteiger partial charge < -0.3 is 4.90 Å². The van der Waals surface area contributed by atoms with E-state index in [1.807, 2.05) is 0 Å². The highest BCUT2D eigenvalue weighted by molar-refractivity contribution is 5.08. The number of hydrogen-bond donors (Lipinski definition) is 0. The Kier molecular flexibility index (Phi) is 3.87. The fraction of sp³-hybridized carbons (Fsp3) is 0.600. The molecule has 1 saturated carbocycles. The quantitative estimate of drug-likeness (QED) is 0.634. The minimum absolute atomic E-state index is 0.771. The van der Waals surface area contributed by atoms with E-state index in [2.05, 4.69) is 42.8 Å². The number of allylic oxidation sites excluding steroid dienone is 4. The highest BCUT2D eigenvalue weighted by Crippen LogP contribution is 2.36. The molecule has 1 atom stereocenters. The number of hydrogen-bond acceptors (Lipinski definition) is 1. The Morgan fingerprint density at radius 1 is 1.38 bits per heavy atom. The van der Waals surface area contributed by atoms with Crippen molar-refractivity contribution >= 4 is 0 Å². The van der Waals surface area contributed by atoms with E-state index in [1.54, 1.807) is 0 Å². The van der Waals surface area contributed by atoms with Gasteiger partial charge in [-0.15, -0.1) is 0 Å². The van der Waals surface area contributed by atoms with E-state index in [1.165, 1.54) is 37.8 Å². The van der Waals surface area contributed by atoms with Gasteiger partial charge in [-0.2, -0.15) is 0 Å². The molecule has 16 heavy (non-hydrogen) atoms. The fourth-order valence-corrected chi connectivity index (χ4v) is 2.25. The zero-order valence-corrected chi connectivity index (χ0v) is 10.4. The summed E-state index contributed by atoms with van der Waals surface area (Å²) in [6.45, 7) is 5.19. The molecule has 1 nitrogen and oxygen atoms in total.